The molecular weight excluding hydrogens is 368 g/mol. The van der Waals surface area contributed by atoms with Gasteiger partial charge in [0, 0.05) is 18.8 Å². The van der Waals surface area contributed by atoms with Crippen LogP contribution >= 0.6 is 11.7 Å². The lowest BCUT2D eigenvalue weighted by Gasteiger charge is -2.16. The number of hydrogen-bond donors (Lipinski definition) is 2. The van der Waals surface area contributed by atoms with Crippen LogP contribution < -0.4 is 11.1 Å². The maximum Gasteiger partial charge on any atom is 0.287 e. The molecule has 3 aromatic rings. The van der Waals surface area contributed by atoms with Crippen molar-refractivity contribution in [1.29, 1.82) is 0 Å². The number of amides is 2. The molecule has 0 aliphatic rings. The number of rotatable bonds is 7. The Morgan fingerprint density at radius 3 is 2.56 bits per heavy atom. The Bertz CT molecular complexity index is 961. The van der Waals surface area contributed by atoms with Gasteiger partial charge in [0.2, 0.25) is 5.78 Å². The van der Waals surface area contributed by atoms with E-state index < -0.39 is 23.6 Å². The number of Topliss-reactive ketones (excluding diaryl/α,β-unsaturated/α-hetero) is 1. The Morgan fingerprint density at radius 1 is 1.11 bits per heavy atom. The van der Waals surface area contributed by atoms with Crippen molar-refractivity contribution in [3.8, 4) is 11.4 Å². The topological polar surface area (TPSA) is 141 Å². The molecule has 136 valence electrons. The van der Waals surface area contributed by atoms with Crippen LogP contribution in [0, 0.1) is 0 Å². The van der Waals surface area contributed by atoms with Gasteiger partial charge >= 0.3 is 0 Å². The minimum absolute atomic E-state index is 0.00386. The zero-order chi connectivity index (χ0) is 19.2. The van der Waals surface area contributed by atoms with Gasteiger partial charge in [0.05, 0.1) is 17.9 Å². The van der Waals surface area contributed by atoms with E-state index in [1.54, 1.807) is 24.3 Å². The third-order valence-electron chi connectivity index (χ3n) is 3.66. The smallest absolute Gasteiger partial charge is 0.287 e. The highest BCUT2D eigenvalue weighted by Gasteiger charge is 2.28. The van der Waals surface area contributed by atoms with E-state index in [0.717, 1.165) is 17.3 Å². The highest BCUT2D eigenvalue weighted by atomic mass is 32.1. The zero-order valence-electron chi connectivity index (χ0n) is 13.9. The fourth-order valence-corrected chi connectivity index (χ4v) is 2.94. The number of carbonyl (C=O) groups excluding carboxylic acids is 3. The van der Waals surface area contributed by atoms with Crippen molar-refractivity contribution in [3.05, 3.63) is 60.2 Å². The molecular formula is C17H14N6O3S. The summed E-state index contributed by atoms with van der Waals surface area (Å²) in [5.74, 6) is -2.67. The summed E-state index contributed by atoms with van der Waals surface area (Å²) in [6, 6.07) is 7.85. The van der Waals surface area contributed by atoms with E-state index in [0.29, 0.717) is 5.69 Å². The first kappa shape index (κ1) is 18.3. The SMILES string of the molecule is NC(=O)C(=O)C(Cc1ccccc1)NC(=O)c1nsnc1-c1cnccn1. The van der Waals surface area contributed by atoms with Crippen molar-refractivity contribution in [2.75, 3.05) is 0 Å². The molecule has 3 rings (SSSR count). The number of benzene rings is 1. The van der Waals surface area contributed by atoms with E-state index in [2.05, 4.69) is 24.0 Å². The van der Waals surface area contributed by atoms with Gasteiger partial charge in [0.15, 0.2) is 5.69 Å². The molecule has 1 unspecified atom stereocenters. The van der Waals surface area contributed by atoms with Crippen LogP contribution in [0.2, 0.25) is 0 Å². The van der Waals surface area contributed by atoms with Gasteiger partial charge in [-0.2, -0.15) is 8.75 Å². The molecule has 0 radical (unpaired) electrons. The Labute approximate surface area is 158 Å². The van der Waals surface area contributed by atoms with Gasteiger partial charge < -0.3 is 11.1 Å². The van der Waals surface area contributed by atoms with Crippen molar-refractivity contribution in [2.24, 2.45) is 5.73 Å². The largest absolute Gasteiger partial charge is 0.363 e. The van der Waals surface area contributed by atoms with Crippen LogP contribution in [0.1, 0.15) is 16.1 Å². The summed E-state index contributed by atoms with van der Waals surface area (Å²) in [7, 11) is 0. The molecule has 0 saturated carbocycles. The van der Waals surface area contributed by atoms with E-state index >= 15 is 0 Å². The van der Waals surface area contributed by atoms with Crippen LogP contribution in [0.5, 0.6) is 0 Å². The van der Waals surface area contributed by atoms with Gasteiger partial charge in [-0.3, -0.25) is 24.4 Å². The van der Waals surface area contributed by atoms with Gasteiger partial charge in [0.1, 0.15) is 17.4 Å². The molecule has 2 aromatic heterocycles. The molecule has 0 aliphatic heterocycles. The zero-order valence-corrected chi connectivity index (χ0v) is 14.7. The lowest BCUT2D eigenvalue weighted by atomic mass is 10.0. The first-order chi connectivity index (χ1) is 13.1. The van der Waals surface area contributed by atoms with E-state index in [1.807, 2.05) is 6.07 Å². The van der Waals surface area contributed by atoms with Gasteiger partial charge in [-0.15, -0.1) is 0 Å². The average Bonchev–Trinajstić information content (AvgIpc) is 3.18. The summed E-state index contributed by atoms with van der Waals surface area (Å²) in [4.78, 5) is 44.2. The summed E-state index contributed by atoms with van der Waals surface area (Å²) in [5, 5.41) is 2.53. The van der Waals surface area contributed by atoms with Crippen LogP contribution in [-0.4, -0.2) is 42.4 Å². The fraction of sp³-hybridized carbons (Fsp3) is 0.118. The molecule has 3 N–H and O–H groups in total. The lowest BCUT2D eigenvalue weighted by Crippen LogP contribution is -2.47. The lowest BCUT2D eigenvalue weighted by molar-refractivity contribution is -0.137. The van der Waals surface area contributed by atoms with E-state index in [1.165, 1.54) is 18.6 Å². The molecule has 0 bridgehead atoms. The number of nitrogens with two attached hydrogens (primary N) is 1. The predicted octanol–water partition coefficient (Wildman–Crippen LogP) is 0.391. The number of primary amides is 1. The molecule has 1 aromatic carbocycles. The summed E-state index contributed by atoms with van der Waals surface area (Å²) < 4.78 is 8.05. The quantitative estimate of drug-likeness (QED) is 0.563. The van der Waals surface area contributed by atoms with Crippen LogP contribution in [0.3, 0.4) is 0 Å². The number of hydrogen-bond acceptors (Lipinski definition) is 8. The second kappa shape index (κ2) is 8.23. The Kier molecular flexibility index (Phi) is 5.57. The van der Waals surface area contributed by atoms with E-state index in [9.17, 15) is 14.4 Å². The molecule has 1 atom stereocenters. The van der Waals surface area contributed by atoms with Gasteiger partial charge in [-0.1, -0.05) is 30.3 Å². The molecule has 0 saturated heterocycles. The molecule has 2 heterocycles. The average molecular weight is 382 g/mol. The number of aromatic nitrogens is 4. The molecule has 0 spiro atoms. The number of ketones is 1. The summed E-state index contributed by atoms with van der Waals surface area (Å²) in [5.41, 5.74) is 6.50. The van der Waals surface area contributed by atoms with Crippen molar-refractivity contribution in [3.63, 3.8) is 0 Å². The van der Waals surface area contributed by atoms with Gasteiger partial charge in [0.25, 0.3) is 11.8 Å². The minimum Gasteiger partial charge on any atom is -0.363 e. The third kappa shape index (κ3) is 4.36. The van der Waals surface area contributed by atoms with Crippen LogP contribution in [0.4, 0.5) is 0 Å². The standard InChI is InChI=1S/C17H14N6O3S/c18-16(25)15(24)11(8-10-4-2-1-3-5-10)21-17(26)14-13(22-27-23-14)12-9-19-6-7-20-12/h1-7,9,11H,8H2,(H2,18,25)(H,21,26). The van der Waals surface area contributed by atoms with E-state index in [4.69, 9.17) is 5.73 Å². The monoisotopic (exact) mass is 382 g/mol. The Morgan fingerprint density at radius 2 is 1.89 bits per heavy atom. The first-order valence-corrected chi connectivity index (χ1v) is 8.56. The van der Waals surface area contributed by atoms with Crippen molar-refractivity contribution >= 4 is 29.3 Å². The number of carbonyl (C=O) groups is 3. The first-order valence-electron chi connectivity index (χ1n) is 7.83. The van der Waals surface area contributed by atoms with Crippen molar-refractivity contribution in [2.45, 2.75) is 12.5 Å². The third-order valence-corrected chi connectivity index (χ3v) is 4.19. The van der Waals surface area contributed by atoms with Crippen LogP contribution in [0.15, 0.2) is 48.9 Å². The van der Waals surface area contributed by atoms with E-state index in [-0.39, 0.29) is 17.8 Å². The highest BCUT2D eigenvalue weighted by Crippen LogP contribution is 2.18. The Balaban J connectivity index is 1.84. The maximum absolute atomic E-state index is 12.7. The van der Waals surface area contributed by atoms with Crippen molar-refractivity contribution < 1.29 is 14.4 Å². The highest BCUT2D eigenvalue weighted by molar-refractivity contribution is 6.99. The summed E-state index contributed by atoms with van der Waals surface area (Å²) in [6.45, 7) is 0. The molecule has 2 amide bonds. The normalized spacial score (nSPS) is 11.6. The second-order valence-electron chi connectivity index (χ2n) is 5.50. The van der Waals surface area contributed by atoms with Crippen LogP contribution in [0.25, 0.3) is 11.4 Å². The van der Waals surface area contributed by atoms with Gasteiger partial charge in [-0.05, 0) is 5.56 Å². The van der Waals surface area contributed by atoms with Crippen LogP contribution in [-0.2, 0) is 16.0 Å². The minimum atomic E-state index is -1.12. The summed E-state index contributed by atoms with van der Waals surface area (Å²) >= 11 is 0.830. The van der Waals surface area contributed by atoms with Crippen molar-refractivity contribution in [1.82, 2.24) is 24.0 Å². The predicted molar refractivity (Wildman–Crippen MR) is 96.5 cm³/mol. The maximum atomic E-state index is 12.7. The molecule has 9 nitrogen and oxygen atoms in total. The number of nitrogens with zero attached hydrogens (tertiary/aromatic N) is 4. The Hall–Kier alpha value is -3.53. The number of nitrogens with one attached hydrogen (secondary N) is 1. The molecule has 10 heteroatoms. The van der Waals surface area contributed by atoms with Gasteiger partial charge in [-0.25, -0.2) is 0 Å². The molecule has 0 fully saturated rings. The molecule has 27 heavy (non-hydrogen) atoms. The molecule has 0 aliphatic carbocycles. The summed E-state index contributed by atoms with van der Waals surface area (Å²) in [6.07, 6.45) is 4.52. The fourth-order valence-electron chi connectivity index (χ4n) is 2.38. The second-order valence-corrected chi connectivity index (χ2v) is 6.02.